The molecule has 1 saturated heterocycles. The third-order valence-corrected chi connectivity index (χ3v) is 5.31. The number of piperidine rings is 1. The van der Waals surface area contributed by atoms with Crippen LogP contribution in [-0.4, -0.2) is 43.0 Å². The summed E-state index contributed by atoms with van der Waals surface area (Å²) in [6.07, 6.45) is 7.19. The van der Waals surface area contributed by atoms with Crippen molar-refractivity contribution >= 4 is 5.91 Å². The van der Waals surface area contributed by atoms with Crippen molar-refractivity contribution in [3.8, 4) is 0 Å². The Labute approximate surface area is 146 Å². The number of hydrogen-bond donors (Lipinski definition) is 0. The summed E-state index contributed by atoms with van der Waals surface area (Å²) in [6.45, 7) is 5.06. The number of amides is 1. The van der Waals surface area contributed by atoms with Gasteiger partial charge < -0.3 is 14.0 Å². The number of aryl methyl sites for hydroxylation is 2. The van der Waals surface area contributed by atoms with Crippen molar-refractivity contribution < 1.29 is 4.79 Å². The van der Waals surface area contributed by atoms with Gasteiger partial charge in [-0.25, -0.2) is 4.98 Å². The lowest BCUT2D eigenvalue weighted by Crippen LogP contribution is -2.40. The maximum absolute atomic E-state index is 12.9. The number of fused-ring (bicyclic) bond motifs is 1. The smallest absolute Gasteiger partial charge is 0.273 e. The molecule has 0 spiro atoms. The Morgan fingerprint density at radius 1 is 1.32 bits per heavy atom. The monoisotopic (exact) mass is 341 g/mol. The minimum atomic E-state index is -0.157. The number of imidazole rings is 1. The van der Waals surface area contributed by atoms with E-state index in [0.29, 0.717) is 12.2 Å². The van der Waals surface area contributed by atoms with Gasteiger partial charge in [0.1, 0.15) is 11.5 Å². The van der Waals surface area contributed by atoms with E-state index in [2.05, 4.69) is 14.5 Å². The van der Waals surface area contributed by atoms with Crippen molar-refractivity contribution in [1.82, 2.24) is 24.0 Å². The molecular weight excluding hydrogens is 318 g/mol. The Kier molecular flexibility index (Phi) is 4.15. The summed E-state index contributed by atoms with van der Waals surface area (Å²) in [7, 11) is 0. The van der Waals surface area contributed by atoms with E-state index in [1.54, 1.807) is 18.6 Å². The number of likely N-dealkylation sites (tertiary alicyclic amines) is 1. The van der Waals surface area contributed by atoms with Gasteiger partial charge in [-0.15, -0.1) is 0 Å². The maximum atomic E-state index is 12.9. The first-order chi connectivity index (χ1) is 12.2. The Balaban J connectivity index is 1.60. The zero-order chi connectivity index (χ0) is 17.4. The quantitative estimate of drug-likeness (QED) is 0.846. The molecule has 0 N–H and O–H groups in total. The average Bonchev–Trinajstić information content (AvgIpc) is 3.29. The molecule has 1 fully saturated rings. The van der Waals surface area contributed by atoms with Crippen LogP contribution in [0.5, 0.6) is 0 Å². The van der Waals surface area contributed by atoms with E-state index in [1.165, 1.54) is 0 Å². The Morgan fingerprint density at radius 2 is 2.20 bits per heavy atom. The van der Waals surface area contributed by atoms with Crippen molar-refractivity contribution in [3.05, 3.63) is 46.2 Å². The highest BCUT2D eigenvalue weighted by molar-refractivity contribution is 5.92. The number of carbonyl (C=O) groups excluding carboxylic acids is 1. The van der Waals surface area contributed by atoms with Crippen LogP contribution >= 0.6 is 0 Å². The molecule has 25 heavy (non-hydrogen) atoms. The second-order valence-corrected chi connectivity index (χ2v) is 6.85. The second-order valence-electron chi connectivity index (χ2n) is 6.85. The number of aromatic nitrogens is 4. The van der Waals surface area contributed by atoms with Crippen LogP contribution < -0.4 is 5.56 Å². The molecule has 2 aliphatic rings. The zero-order valence-electron chi connectivity index (χ0n) is 14.5. The molecule has 7 nitrogen and oxygen atoms in total. The van der Waals surface area contributed by atoms with Gasteiger partial charge in [0.2, 0.25) is 0 Å². The summed E-state index contributed by atoms with van der Waals surface area (Å²) >= 11 is 0. The van der Waals surface area contributed by atoms with Gasteiger partial charge in [0.05, 0.1) is 12.5 Å². The Hall–Kier alpha value is -2.44. The first-order valence-corrected chi connectivity index (χ1v) is 9.07. The van der Waals surface area contributed by atoms with Crippen molar-refractivity contribution in [2.24, 2.45) is 0 Å². The van der Waals surface area contributed by atoms with Crippen molar-refractivity contribution in [3.63, 3.8) is 0 Å². The van der Waals surface area contributed by atoms with Crippen LogP contribution in [0.3, 0.4) is 0 Å². The molecule has 2 aromatic rings. The van der Waals surface area contributed by atoms with Crippen LogP contribution in [-0.2, 0) is 19.5 Å². The molecule has 2 aliphatic heterocycles. The molecule has 0 radical (unpaired) electrons. The molecule has 1 amide bonds. The average molecular weight is 341 g/mol. The van der Waals surface area contributed by atoms with Crippen molar-refractivity contribution in [2.75, 3.05) is 13.1 Å². The second kappa shape index (κ2) is 6.46. The molecule has 0 saturated carbocycles. The van der Waals surface area contributed by atoms with E-state index in [4.69, 9.17) is 0 Å². The molecule has 2 aromatic heterocycles. The van der Waals surface area contributed by atoms with Crippen molar-refractivity contribution in [1.29, 1.82) is 0 Å². The number of hydrogen-bond acceptors (Lipinski definition) is 4. The van der Waals surface area contributed by atoms with E-state index < -0.39 is 0 Å². The van der Waals surface area contributed by atoms with Crippen LogP contribution in [0.4, 0.5) is 0 Å². The fraction of sp³-hybridized carbons (Fsp3) is 0.556. The lowest BCUT2D eigenvalue weighted by atomic mass is 9.94. The van der Waals surface area contributed by atoms with Gasteiger partial charge in [-0.1, -0.05) is 0 Å². The van der Waals surface area contributed by atoms with Crippen LogP contribution in [0, 0.1) is 0 Å². The summed E-state index contributed by atoms with van der Waals surface area (Å²) in [5.41, 5.74) is 1.53. The summed E-state index contributed by atoms with van der Waals surface area (Å²) in [5, 5.41) is 0. The Morgan fingerprint density at radius 3 is 3.04 bits per heavy atom. The highest BCUT2D eigenvalue weighted by Crippen LogP contribution is 2.29. The summed E-state index contributed by atoms with van der Waals surface area (Å²) < 4.78 is 4.07. The van der Waals surface area contributed by atoms with Crippen LogP contribution in [0.25, 0.3) is 0 Å². The minimum Gasteiger partial charge on any atom is -0.337 e. The fourth-order valence-corrected chi connectivity index (χ4v) is 4.07. The lowest BCUT2D eigenvalue weighted by Gasteiger charge is -2.34. The first-order valence-electron chi connectivity index (χ1n) is 9.07. The topological polar surface area (TPSA) is 73.0 Å². The zero-order valence-corrected chi connectivity index (χ0v) is 14.5. The lowest BCUT2D eigenvalue weighted by molar-refractivity contribution is 0.0693. The van der Waals surface area contributed by atoms with Crippen molar-refractivity contribution in [2.45, 2.75) is 51.6 Å². The molecule has 132 valence electrons. The standard InChI is InChI=1S/C18H23N5O2/c1-2-21-12-19-10-15(21)18(25)22-7-3-5-13(11-22)14-9-17(24)20-16-6-4-8-23(14)16/h9-10,12-13H,2-8,11H2,1H3/t13-/m1/s1. The fourth-order valence-electron chi connectivity index (χ4n) is 4.07. The van der Waals surface area contributed by atoms with Gasteiger partial charge in [0.15, 0.2) is 0 Å². The largest absolute Gasteiger partial charge is 0.337 e. The predicted molar refractivity (Wildman–Crippen MR) is 92.6 cm³/mol. The van der Waals surface area contributed by atoms with Crippen LogP contribution in [0.15, 0.2) is 23.4 Å². The highest BCUT2D eigenvalue weighted by Gasteiger charge is 2.30. The molecule has 0 unspecified atom stereocenters. The van der Waals surface area contributed by atoms with E-state index in [-0.39, 0.29) is 17.4 Å². The van der Waals surface area contributed by atoms with Gasteiger partial charge in [0.25, 0.3) is 11.5 Å². The van der Waals surface area contributed by atoms with Crippen LogP contribution in [0.2, 0.25) is 0 Å². The van der Waals surface area contributed by atoms with Gasteiger partial charge in [-0.2, -0.15) is 4.98 Å². The molecule has 0 bridgehead atoms. The molecule has 0 aromatic carbocycles. The number of carbonyl (C=O) groups is 1. The van der Waals surface area contributed by atoms with Gasteiger partial charge in [0, 0.05) is 50.3 Å². The van der Waals surface area contributed by atoms with E-state index in [1.807, 2.05) is 16.4 Å². The molecule has 0 aliphatic carbocycles. The van der Waals surface area contributed by atoms with E-state index >= 15 is 0 Å². The van der Waals surface area contributed by atoms with Gasteiger partial charge in [-0.3, -0.25) is 9.59 Å². The summed E-state index contributed by atoms with van der Waals surface area (Å²) in [5.74, 6) is 1.13. The molecule has 4 heterocycles. The summed E-state index contributed by atoms with van der Waals surface area (Å²) in [4.78, 5) is 35.0. The third kappa shape index (κ3) is 2.88. The third-order valence-electron chi connectivity index (χ3n) is 5.31. The van der Waals surface area contributed by atoms with Gasteiger partial charge >= 0.3 is 0 Å². The maximum Gasteiger partial charge on any atom is 0.273 e. The molecule has 7 heteroatoms. The first kappa shape index (κ1) is 16.1. The highest BCUT2D eigenvalue weighted by atomic mass is 16.2. The van der Waals surface area contributed by atoms with Crippen LogP contribution in [0.1, 0.15) is 54.1 Å². The minimum absolute atomic E-state index is 0.0297. The molecular formula is C18H23N5O2. The normalized spacial score (nSPS) is 19.9. The number of nitrogens with zero attached hydrogens (tertiary/aromatic N) is 5. The SMILES string of the molecule is CCn1cncc1C(=O)N1CCC[C@@H](c2cc(=O)nc3n2CCC3)C1. The van der Waals surface area contributed by atoms with E-state index in [9.17, 15) is 9.59 Å². The van der Waals surface area contributed by atoms with Gasteiger partial charge in [-0.05, 0) is 26.2 Å². The van der Waals surface area contributed by atoms with E-state index in [0.717, 1.165) is 56.8 Å². The molecule has 1 atom stereocenters. The molecule has 4 rings (SSSR count). The number of rotatable bonds is 3. The summed E-state index contributed by atoms with van der Waals surface area (Å²) in [6, 6.07) is 1.67. The Bertz CT molecular complexity index is 853. The predicted octanol–water partition coefficient (Wildman–Crippen LogP) is 1.43.